The van der Waals surface area contributed by atoms with Gasteiger partial charge >= 0.3 is 0 Å². The average Bonchev–Trinajstić information content (AvgIpc) is 2.52. The maximum atomic E-state index is 6.30. The summed E-state index contributed by atoms with van der Waals surface area (Å²) in [5, 5.41) is 0. The quantitative estimate of drug-likeness (QED) is 0.918. The average molecular weight is 286 g/mol. The van der Waals surface area contributed by atoms with E-state index in [-0.39, 0.29) is 0 Å². The Bertz CT molecular complexity index is 409. The van der Waals surface area contributed by atoms with Crippen molar-refractivity contribution in [3.63, 3.8) is 0 Å². The van der Waals surface area contributed by atoms with Crippen molar-refractivity contribution in [1.29, 1.82) is 0 Å². The van der Waals surface area contributed by atoms with Gasteiger partial charge in [-0.1, -0.05) is 43.2 Å². The molecule has 0 aromatic heterocycles. The van der Waals surface area contributed by atoms with Crippen molar-refractivity contribution in [1.82, 2.24) is 4.90 Å². The van der Waals surface area contributed by atoms with Crippen molar-refractivity contribution in [2.24, 2.45) is 17.6 Å². The minimum Gasteiger partial charge on any atom is -0.327 e. The second-order valence-corrected chi connectivity index (χ2v) is 7.14. The van der Waals surface area contributed by atoms with Gasteiger partial charge in [0, 0.05) is 12.6 Å². The molecule has 116 valence electrons. The Balaban J connectivity index is 1.42. The van der Waals surface area contributed by atoms with E-state index in [1.165, 1.54) is 70.1 Å². The molecule has 0 spiro atoms. The van der Waals surface area contributed by atoms with Crippen molar-refractivity contribution >= 4 is 0 Å². The van der Waals surface area contributed by atoms with E-state index in [1.54, 1.807) is 0 Å². The van der Waals surface area contributed by atoms with E-state index in [9.17, 15) is 0 Å². The van der Waals surface area contributed by atoms with Crippen LogP contribution in [0.25, 0.3) is 0 Å². The third-order valence-electron chi connectivity index (χ3n) is 5.53. The van der Waals surface area contributed by atoms with Crippen LogP contribution in [0.3, 0.4) is 0 Å². The van der Waals surface area contributed by atoms with Crippen molar-refractivity contribution in [3.8, 4) is 0 Å². The summed E-state index contributed by atoms with van der Waals surface area (Å²) < 4.78 is 0. The Labute approximate surface area is 129 Å². The minimum atomic E-state index is 0.459. The van der Waals surface area contributed by atoms with Crippen LogP contribution >= 0.6 is 0 Å². The number of likely N-dealkylation sites (tertiary alicyclic amines) is 1. The van der Waals surface area contributed by atoms with Crippen LogP contribution < -0.4 is 5.73 Å². The van der Waals surface area contributed by atoms with Crippen LogP contribution in [0.4, 0.5) is 0 Å². The first-order valence-corrected chi connectivity index (χ1v) is 8.83. The maximum absolute atomic E-state index is 6.30. The highest BCUT2D eigenvalue weighted by Gasteiger charge is 2.26. The Morgan fingerprint density at radius 1 is 0.952 bits per heavy atom. The molecular weight excluding hydrogens is 256 g/mol. The van der Waals surface area contributed by atoms with E-state index >= 15 is 0 Å². The lowest BCUT2D eigenvalue weighted by Gasteiger charge is -2.37. The molecule has 21 heavy (non-hydrogen) atoms. The summed E-state index contributed by atoms with van der Waals surface area (Å²) in [4.78, 5) is 2.68. The lowest BCUT2D eigenvalue weighted by molar-refractivity contribution is 0.137. The van der Waals surface area contributed by atoms with Gasteiger partial charge in [0.05, 0.1) is 0 Å². The molecule has 2 fully saturated rings. The summed E-state index contributed by atoms with van der Waals surface area (Å²) in [6.45, 7) is 3.81. The fourth-order valence-electron chi connectivity index (χ4n) is 4.12. The zero-order valence-electron chi connectivity index (χ0n) is 13.2. The molecule has 1 aromatic carbocycles. The van der Waals surface area contributed by atoms with E-state index < -0.39 is 0 Å². The van der Waals surface area contributed by atoms with Crippen LogP contribution in [0.2, 0.25) is 0 Å². The number of hydrogen-bond donors (Lipinski definition) is 1. The number of rotatable bonds is 4. The normalized spacial score (nSPS) is 28.6. The Morgan fingerprint density at radius 3 is 2.38 bits per heavy atom. The molecule has 0 radical (unpaired) electrons. The largest absolute Gasteiger partial charge is 0.327 e. The lowest BCUT2D eigenvalue weighted by Crippen LogP contribution is -2.44. The van der Waals surface area contributed by atoms with Crippen LogP contribution in [-0.4, -0.2) is 30.6 Å². The molecule has 0 unspecified atom stereocenters. The summed E-state index contributed by atoms with van der Waals surface area (Å²) in [6, 6.07) is 11.4. The van der Waals surface area contributed by atoms with E-state index in [1.807, 2.05) is 0 Å². The van der Waals surface area contributed by atoms with Gasteiger partial charge in [-0.2, -0.15) is 0 Å². The summed E-state index contributed by atoms with van der Waals surface area (Å²) in [6.07, 6.45) is 9.31. The first-order chi connectivity index (χ1) is 10.3. The summed E-state index contributed by atoms with van der Waals surface area (Å²) >= 11 is 0. The zero-order valence-corrected chi connectivity index (χ0v) is 13.2. The molecule has 1 aromatic rings. The third-order valence-corrected chi connectivity index (χ3v) is 5.53. The van der Waals surface area contributed by atoms with Crippen LogP contribution in [-0.2, 0) is 6.42 Å². The Hall–Kier alpha value is -0.860. The van der Waals surface area contributed by atoms with Gasteiger partial charge in [0.15, 0.2) is 0 Å². The molecule has 3 rings (SSSR count). The molecule has 1 aliphatic carbocycles. The van der Waals surface area contributed by atoms with Gasteiger partial charge in [0.25, 0.3) is 0 Å². The molecule has 2 nitrogen and oxygen atoms in total. The number of benzene rings is 1. The van der Waals surface area contributed by atoms with Crippen molar-refractivity contribution < 1.29 is 0 Å². The van der Waals surface area contributed by atoms with Gasteiger partial charge in [-0.25, -0.2) is 0 Å². The summed E-state index contributed by atoms with van der Waals surface area (Å²) in [5.41, 5.74) is 7.80. The maximum Gasteiger partial charge on any atom is 0.00793 e. The van der Waals surface area contributed by atoms with Gasteiger partial charge in [-0.05, 0) is 62.6 Å². The molecule has 2 atom stereocenters. The topological polar surface area (TPSA) is 29.3 Å². The number of hydrogen-bond acceptors (Lipinski definition) is 2. The van der Waals surface area contributed by atoms with Crippen LogP contribution in [0.5, 0.6) is 0 Å². The predicted molar refractivity (Wildman–Crippen MR) is 89.2 cm³/mol. The fraction of sp³-hybridized carbons (Fsp3) is 0.684. The standard InChI is InChI=1S/C19H30N2/c20-19-9-5-4-8-18(19)15-21-12-10-17(11-13-21)14-16-6-2-1-3-7-16/h1-3,6-7,17-19H,4-5,8-15,20H2/t18-,19+/m0/s1. The van der Waals surface area contributed by atoms with Gasteiger partial charge in [-0.15, -0.1) is 0 Å². The molecular formula is C19H30N2. The number of nitrogens with zero attached hydrogens (tertiary/aromatic N) is 1. The molecule has 1 aliphatic heterocycles. The van der Waals surface area contributed by atoms with Crippen molar-refractivity contribution in [2.75, 3.05) is 19.6 Å². The third kappa shape index (κ3) is 4.31. The monoisotopic (exact) mass is 286 g/mol. The first-order valence-electron chi connectivity index (χ1n) is 8.83. The lowest BCUT2D eigenvalue weighted by atomic mass is 9.83. The highest BCUT2D eigenvalue weighted by molar-refractivity contribution is 5.15. The van der Waals surface area contributed by atoms with Crippen molar-refractivity contribution in [2.45, 2.75) is 51.0 Å². The zero-order chi connectivity index (χ0) is 14.5. The second-order valence-electron chi connectivity index (χ2n) is 7.14. The van der Waals surface area contributed by atoms with E-state index in [0.717, 1.165) is 11.8 Å². The van der Waals surface area contributed by atoms with Gasteiger partial charge in [0.2, 0.25) is 0 Å². The van der Waals surface area contributed by atoms with Gasteiger partial charge in [0.1, 0.15) is 0 Å². The predicted octanol–water partition coefficient (Wildman–Crippen LogP) is 3.46. The molecule has 2 N–H and O–H groups in total. The van der Waals surface area contributed by atoms with Gasteiger partial charge in [-0.3, -0.25) is 0 Å². The fourth-order valence-corrected chi connectivity index (χ4v) is 4.12. The molecule has 2 aliphatic rings. The smallest absolute Gasteiger partial charge is 0.00793 e. The number of piperidine rings is 1. The molecule has 1 saturated heterocycles. The molecule has 0 bridgehead atoms. The van der Waals surface area contributed by atoms with Crippen molar-refractivity contribution in [3.05, 3.63) is 35.9 Å². The molecule has 2 heteroatoms. The van der Waals surface area contributed by atoms with Crippen LogP contribution in [0.15, 0.2) is 30.3 Å². The Kier molecular flexibility index (Phi) is 5.32. The van der Waals surface area contributed by atoms with Crippen LogP contribution in [0.1, 0.15) is 44.1 Å². The van der Waals surface area contributed by atoms with E-state index in [2.05, 4.69) is 35.2 Å². The minimum absolute atomic E-state index is 0.459. The SMILES string of the molecule is N[C@@H]1CCCC[C@H]1CN1CCC(Cc2ccccc2)CC1. The molecule has 1 saturated carbocycles. The molecule has 0 amide bonds. The molecule has 1 heterocycles. The summed E-state index contributed by atoms with van der Waals surface area (Å²) in [5.74, 6) is 1.63. The Morgan fingerprint density at radius 2 is 1.67 bits per heavy atom. The van der Waals surface area contributed by atoms with E-state index in [4.69, 9.17) is 5.73 Å². The number of nitrogens with two attached hydrogens (primary N) is 1. The van der Waals surface area contributed by atoms with Crippen LogP contribution in [0, 0.1) is 11.8 Å². The first kappa shape index (κ1) is 15.1. The second kappa shape index (κ2) is 7.42. The highest BCUT2D eigenvalue weighted by atomic mass is 15.1. The van der Waals surface area contributed by atoms with E-state index in [0.29, 0.717) is 6.04 Å². The highest BCUT2D eigenvalue weighted by Crippen LogP contribution is 2.27. The summed E-state index contributed by atoms with van der Waals surface area (Å²) in [7, 11) is 0. The van der Waals surface area contributed by atoms with Gasteiger partial charge < -0.3 is 10.6 Å².